The van der Waals surface area contributed by atoms with Crippen LogP contribution in [0.4, 0.5) is 0 Å². The van der Waals surface area contributed by atoms with Gasteiger partial charge in [0.2, 0.25) is 0 Å². The number of likely N-dealkylation sites (tertiary alicyclic amines) is 1. The first kappa shape index (κ1) is 24.6. The molecule has 1 unspecified atom stereocenters. The van der Waals surface area contributed by atoms with E-state index in [0.29, 0.717) is 18.3 Å². The number of phenolic OH excluding ortho intramolecular Hbond substituents is 1. The fourth-order valence-corrected chi connectivity index (χ4v) is 5.09. The van der Waals surface area contributed by atoms with Crippen molar-refractivity contribution in [2.24, 2.45) is 10.9 Å². The van der Waals surface area contributed by atoms with Gasteiger partial charge in [-0.1, -0.05) is 6.07 Å². The van der Waals surface area contributed by atoms with E-state index in [-0.39, 0.29) is 24.0 Å². The summed E-state index contributed by atoms with van der Waals surface area (Å²) in [5.41, 5.74) is 3.73. The number of guanidine groups is 1. The fraction of sp³-hybridized carbons (Fsp3) is 0.708. The second kappa shape index (κ2) is 12.3. The molecule has 1 atom stereocenters. The zero-order valence-electron chi connectivity index (χ0n) is 18.9. The van der Waals surface area contributed by atoms with Gasteiger partial charge in [-0.05, 0) is 75.0 Å². The minimum Gasteiger partial charge on any atom is -0.508 e. The lowest BCUT2D eigenvalue weighted by atomic mass is 9.88. The summed E-state index contributed by atoms with van der Waals surface area (Å²) in [6, 6.07) is 4.39. The van der Waals surface area contributed by atoms with E-state index < -0.39 is 0 Å². The van der Waals surface area contributed by atoms with Crippen LogP contribution in [-0.4, -0.2) is 61.4 Å². The number of hydrogen-bond acceptors (Lipinski definition) is 4. The molecule has 2 fully saturated rings. The number of nitrogens with zero attached hydrogens (tertiary/aromatic N) is 2. The Morgan fingerprint density at radius 2 is 2.00 bits per heavy atom. The molecular weight excluding hydrogens is 503 g/mol. The lowest BCUT2D eigenvalue weighted by molar-refractivity contribution is 0.150. The van der Waals surface area contributed by atoms with Gasteiger partial charge in [-0.3, -0.25) is 0 Å². The Labute approximate surface area is 204 Å². The molecule has 0 spiro atoms. The number of nitrogens with one attached hydrogen (secondary N) is 2. The highest BCUT2D eigenvalue weighted by Gasteiger charge is 2.24. The third kappa shape index (κ3) is 6.71. The molecule has 0 amide bonds. The van der Waals surface area contributed by atoms with Gasteiger partial charge in [0.05, 0.1) is 13.2 Å². The molecule has 1 aliphatic carbocycles. The summed E-state index contributed by atoms with van der Waals surface area (Å²) in [7, 11) is 0. The van der Waals surface area contributed by atoms with Crippen LogP contribution < -0.4 is 10.6 Å². The van der Waals surface area contributed by atoms with Crippen LogP contribution in [0.5, 0.6) is 5.75 Å². The topological polar surface area (TPSA) is 69.1 Å². The third-order valence-electron chi connectivity index (χ3n) is 6.83. The molecule has 0 saturated carbocycles. The van der Waals surface area contributed by atoms with Gasteiger partial charge in [-0.25, -0.2) is 4.99 Å². The summed E-state index contributed by atoms with van der Waals surface area (Å²) in [6.45, 7) is 8.80. The number of aromatic hydroxyl groups is 1. The van der Waals surface area contributed by atoms with Crippen LogP contribution in [-0.2, 0) is 24.1 Å². The fourth-order valence-electron chi connectivity index (χ4n) is 5.09. The summed E-state index contributed by atoms with van der Waals surface area (Å²) in [5.74, 6) is 1.98. The molecule has 2 saturated heterocycles. The van der Waals surface area contributed by atoms with Crippen molar-refractivity contribution in [2.45, 2.75) is 64.5 Å². The Morgan fingerprint density at radius 1 is 1.19 bits per heavy atom. The lowest BCUT2D eigenvalue weighted by Crippen LogP contribution is -2.49. The van der Waals surface area contributed by atoms with Crippen molar-refractivity contribution in [3.63, 3.8) is 0 Å². The predicted octanol–water partition coefficient (Wildman–Crippen LogP) is 3.45. The maximum Gasteiger partial charge on any atom is 0.191 e. The van der Waals surface area contributed by atoms with E-state index in [1.54, 1.807) is 0 Å². The van der Waals surface area contributed by atoms with Crippen molar-refractivity contribution in [3.05, 3.63) is 28.8 Å². The Bertz CT molecular complexity index is 729. The molecule has 1 aromatic rings. The van der Waals surface area contributed by atoms with E-state index in [2.05, 4.69) is 28.5 Å². The quantitative estimate of drug-likeness (QED) is 0.292. The van der Waals surface area contributed by atoms with Crippen molar-refractivity contribution in [3.8, 4) is 5.75 Å². The first-order valence-electron chi connectivity index (χ1n) is 11.9. The van der Waals surface area contributed by atoms with Crippen LogP contribution in [0.25, 0.3) is 0 Å². The Balaban J connectivity index is 0.00000272. The van der Waals surface area contributed by atoms with Crippen LogP contribution in [0, 0.1) is 5.92 Å². The number of aliphatic imine (C=N–C) groups is 1. The average molecular weight is 543 g/mol. The van der Waals surface area contributed by atoms with E-state index >= 15 is 0 Å². The van der Waals surface area contributed by atoms with Gasteiger partial charge >= 0.3 is 0 Å². The summed E-state index contributed by atoms with van der Waals surface area (Å²) >= 11 is 0. The number of ether oxygens (including phenoxy) is 1. The number of piperidine rings is 1. The number of benzene rings is 1. The molecule has 4 rings (SSSR count). The number of rotatable bonds is 6. The van der Waals surface area contributed by atoms with Gasteiger partial charge in [-0.15, -0.1) is 24.0 Å². The molecule has 0 aromatic heterocycles. The smallest absolute Gasteiger partial charge is 0.191 e. The van der Waals surface area contributed by atoms with Gasteiger partial charge < -0.3 is 25.4 Å². The van der Waals surface area contributed by atoms with Crippen LogP contribution in [0.15, 0.2) is 17.1 Å². The Hall–Kier alpha value is -1.06. The molecule has 0 radical (unpaired) electrons. The molecular formula is C24H39IN4O2. The van der Waals surface area contributed by atoms with Crippen molar-refractivity contribution >= 4 is 29.9 Å². The highest BCUT2D eigenvalue weighted by Crippen LogP contribution is 2.31. The molecule has 31 heavy (non-hydrogen) atoms. The summed E-state index contributed by atoms with van der Waals surface area (Å²) in [4.78, 5) is 7.45. The second-order valence-corrected chi connectivity index (χ2v) is 9.05. The largest absolute Gasteiger partial charge is 0.508 e. The number of phenols is 1. The zero-order valence-corrected chi connectivity index (χ0v) is 21.2. The first-order valence-corrected chi connectivity index (χ1v) is 11.9. The normalized spacial score (nSPS) is 22.6. The molecule has 3 N–H and O–H groups in total. The van der Waals surface area contributed by atoms with E-state index in [1.807, 2.05) is 6.07 Å². The Morgan fingerprint density at radius 3 is 2.74 bits per heavy atom. The molecule has 3 aliphatic rings. The van der Waals surface area contributed by atoms with Crippen molar-refractivity contribution in [2.75, 3.05) is 39.4 Å². The number of fused-ring (bicyclic) bond motifs is 1. The number of hydrogen-bond donors (Lipinski definition) is 3. The standard InChI is InChI=1S/C24H38N4O2.HI/c1-2-25-24(26-15-22-21-6-4-3-5-19(21)7-8-23(22)29)27-20-9-12-28(13-10-20)16-18-11-14-30-17-18;/h7-8,18,20,29H,2-6,9-17H2,1H3,(H2,25,26,27);1H. The van der Waals surface area contributed by atoms with Gasteiger partial charge in [0.25, 0.3) is 0 Å². The molecule has 2 aliphatic heterocycles. The Kier molecular flexibility index (Phi) is 9.72. The number of aryl methyl sites for hydroxylation is 1. The molecule has 6 nitrogen and oxygen atoms in total. The minimum atomic E-state index is 0. The molecule has 0 bridgehead atoms. The summed E-state index contributed by atoms with van der Waals surface area (Å²) in [6.07, 6.45) is 8.13. The van der Waals surface area contributed by atoms with Crippen molar-refractivity contribution < 1.29 is 9.84 Å². The second-order valence-electron chi connectivity index (χ2n) is 9.05. The van der Waals surface area contributed by atoms with Gasteiger partial charge in [0.1, 0.15) is 5.75 Å². The maximum absolute atomic E-state index is 10.5. The van der Waals surface area contributed by atoms with E-state index in [9.17, 15) is 5.11 Å². The van der Waals surface area contributed by atoms with Crippen LogP contribution in [0.2, 0.25) is 0 Å². The van der Waals surface area contributed by atoms with Crippen molar-refractivity contribution in [1.29, 1.82) is 0 Å². The van der Waals surface area contributed by atoms with Crippen LogP contribution >= 0.6 is 24.0 Å². The van der Waals surface area contributed by atoms with E-state index in [4.69, 9.17) is 9.73 Å². The highest BCUT2D eigenvalue weighted by molar-refractivity contribution is 14.0. The summed E-state index contributed by atoms with van der Waals surface area (Å²) < 4.78 is 5.52. The number of halogens is 1. The SMILES string of the molecule is CCNC(=NCc1c(O)ccc2c1CCCC2)NC1CCN(CC2CCOC2)CC1.I. The molecule has 2 heterocycles. The lowest BCUT2D eigenvalue weighted by Gasteiger charge is -2.34. The first-order chi connectivity index (χ1) is 14.7. The van der Waals surface area contributed by atoms with Gasteiger partial charge in [0.15, 0.2) is 5.96 Å². The maximum atomic E-state index is 10.5. The van der Waals surface area contributed by atoms with Crippen LogP contribution in [0.1, 0.15) is 55.7 Å². The highest BCUT2D eigenvalue weighted by atomic mass is 127. The van der Waals surface area contributed by atoms with Gasteiger partial charge in [-0.2, -0.15) is 0 Å². The minimum absolute atomic E-state index is 0. The third-order valence-corrected chi connectivity index (χ3v) is 6.83. The molecule has 174 valence electrons. The van der Waals surface area contributed by atoms with E-state index in [0.717, 1.165) is 76.0 Å². The van der Waals surface area contributed by atoms with E-state index in [1.165, 1.54) is 36.9 Å². The molecule has 1 aromatic carbocycles. The summed E-state index contributed by atoms with van der Waals surface area (Å²) in [5, 5.41) is 17.5. The predicted molar refractivity (Wildman–Crippen MR) is 137 cm³/mol. The zero-order chi connectivity index (χ0) is 20.8. The monoisotopic (exact) mass is 542 g/mol. The average Bonchev–Trinajstić information content (AvgIpc) is 3.27. The van der Waals surface area contributed by atoms with Crippen LogP contribution in [0.3, 0.4) is 0 Å². The van der Waals surface area contributed by atoms with Gasteiger partial charge in [0, 0.05) is 44.4 Å². The van der Waals surface area contributed by atoms with Crippen molar-refractivity contribution in [1.82, 2.24) is 15.5 Å². The molecule has 7 heteroatoms.